The summed E-state index contributed by atoms with van der Waals surface area (Å²) in [4.78, 5) is 0. The summed E-state index contributed by atoms with van der Waals surface area (Å²) in [5.74, 6) is -1.04. The predicted octanol–water partition coefficient (Wildman–Crippen LogP) is 1.40. The molecule has 4 atom stereocenters. The van der Waals surface area contributed by atoms with Gasteiger partial charge in [-0.2, -0.15) is 0 Å². The van der Waals surface area contributed by atoms with E-state index in [0.29, 0.717) is 6.61 Å². The standard InChI is InChI=1S/C12H20O5/c1-11(2)13-6-9(16-11)7-5-8-10(14-7)17-12(3,4)15-8/h7-10H,5-6H2,1-4H3/t7-,8+,9?,10-/m0/s1. The fraction of sp³-hybridized carbons (Fsp3) is 1.00. The number of hydrogen-bond donors (Lipinski definition) is 0. The summed E-state index contributed by atoms with van der Waals surface area (Å²) in [5.41, 5.74) is 0. The molecule has 5 nitrogen and oxygen atoms in total. The van der Waals surface area contributed by atoms with Gasteiger partial charge in [0.2, 0.25) is 0 Å². The first-order valence-corrected chi connectivity index (χ1v) is 6.18. The quantitative estimate of drug-likeness (QED) is 0.697. The van der Waals surface area contributed by atoms with Gasteiger partial charge >= 0.3 is 0 Å². The fourth-order valence-corrected chi connectivity index (χ4v) is 2.67. The topological polar surface area (TPSA) is 46.2 Å². The molecule has 17 heavy (non-hydrogen) atoms. The zero-order valence-corrected chi connectivity index (χ0v) is 10.8. The van der Waals surface area contributed by atoms with Gasteiger partial charge in [0.15, 0.2) is 17.9 Å². The van der Waals surface area contributed by atoms with Crippen LogP contribution >= 0.6 is 0 Å². The minimum Gasteiger partial charge on any atom is -0.348 e. The maximum absolute atomic E-state index is 5.85. The lowest BCUT2D eigenvalue weighted by Gasteiger charge is -2.23. The second-order valence-electron chi connectivity index (χ2n) is 5.82. The molecule has 3 aliphatic heterocycles. The minimum atomic E-state index is -0.535. The molecule has 3 saturated heterocycles. The molecule has 0 bridgehead atoms. The Labute approximate surface area is 101 Å². The van der Waals surface area contributed by atoms with Gasteiger partial charge in [0.25, 0.3) is 0 Å². The lowest BCUT2D eigenvalue weighted by Crippen LogP contribution is -2.33. The van der Waals surface area contributed by atoms with Gasteiger partial charge in [-0.3, -0.25) is 0 Å². The normalized spacial score (nSPS) is 47.3. The first kappa shape index (κ1) is 11.9. The molecule has 1 unspecified atom stereocenters. The zero-order chi connectivity index (χ0) is 12.3. The highest BCUT2D eigenvalue weighted by Crippen LogP contribution is 2.40. The van der Waals surface area contributed by atoms with Gasteiger partial charge in [-0.05, 0) is 27.7 Å². The van der Waals surface area contributed by atoms with E-state index in [4.69, 9.17) is 23.7 Å². The lowest BCUT2D eigenvalue weighted by atomic mass is 10.1. The fourth-order valence-electron chi connectivity index (χ4n) is 2.67. The van der Waals surface area contributed by atoms with Crippen LogP contribution in [-0.4, -0.2) is 42.8 Å². The third kappa shape index (κ3) is 2.22. The van der Waals surface area contributed by atoms with Gasteiger partial charge < -0.3 is 23.7 Å². The third-order valence-electron chi connectivity index (χ3n) is 3.36. The van der Waals surface area contributed by atoms with E-state index in [1.54, 1.807) is 0 Å². The van der Waals surface area contributed by atoms with Crippen molar-refractivity contribution < 1.29 is 23.7 Å². The van der Waals surface area contributed by atoms with Crippen LogP contribution in [0.5, 0.6) is 0 Å². The number of ether oxygens (including phenoxy) is 5. The maximum Gasteiger partial charge on any atom is 0.187 e. The Hall–Kier alpha value is -0.200. The molecule has 0 saturated carbocycles. The van der Waals surface area contributed by atoms with Crippen LogP contribution in [0.4, 0.5) is 0 Å². The van der Waals surface area contributed by atoms with E-state index in [-0.39, 0.29) is 24.6 Å². The highest BCUT2D eigenvalue weighted by Gasteiger charge is 2.52. The van der Waals surface area contributed by atoms with E-state index in [1.165, 1.54) is 0 Å². The van der Waals surface area contributed by atoms with Crippen LogP contribution in [0.1, 0.15) is 34.1 Å². The van der Waals surface area contributed by atoms with Crippen LogP contribution in [0, 0.1) is 0 Å². The number of fused-ring (bicyclic) bond motifs is 1. The van der Waals surface area contributed by atoms with Crippen molar-refractivity contribution in [3.8, 4) is 0 Å². The Balaban J connectivity index is 1.60. The first-order chi connectivity index (χ1) is 7.85. The molecule has 0 amide bonds. The first-order valence-electron chi connectivity index (χ1n) is 6.18. The average molecular weight is 244 g/mol. The second-order valence-corrected chi connectivity index (χ2v) is 5.82. The van der Waals surface area contributed by atoms with Crippen molar-refractivity contribution >= 4 is 0 Å². The largest absolute Gasteiger partial charge is 0.348 e. The summed E-state index contributed by atoms with van der Waals surface area (Å²) >= 11 is 0. The van der Waals surface area contributed by atoms with Crippen molar-refractivity contribution in [1.29, 1.82) is 0 Å². The van der Waals surface area contributed by atoms with Crippen molar-refractivity contribution in [1.82, 2.24) is 0 Å². The molecule has 0 aromatic rings. The Morgan fingerprint density at radius 2 is 1.53 bits per heavy atom. The summed E-state index contributed by atoms with van der Waals surface area (Å²) in [6.07, 6.45) is 0.538. The summed E-state index contributed by atoms with van der Waals surface area (Å²) in [6, 6.07) is 0. The van der Waals surface area contributed by atoms with E-state index in [9.17, 15) is 0 Å². The molecule has 0 aromatic carbocycles. The SMILES string of the molecule is CC1(C)OCC([C@@H]2C[C@H]3OC(C)(C)O[C@@H]3O2)O1. The van der Waals surface area contributed by atoms with E-state index in [0.717, 1.165) is 6.42 Å². The monoisotopic (exact) mass is 244 g/mol. The molecule has 3 heterocycles. The van der Waals surface area contributed by atoms with E-state index >= 15 is 0 Å². The second kappa shape index (κ2) is 3.65. The lowest BCUT2D eigenvalue weighted by molar-refractivity contribution is -0.220. The summed E-state index contributed by atoms with van der Waals surface area (Å²) in [6.45, 7) is 8.21. The molecule has 0 aromatic heterocycles. The van der Waals surface area contributed by atoms with Crippen molar-refractivity contribution in [3.05, 3.63) is 0 Å². The van der Waals surface area contributed by atoms with Crippen molar-refractivity contribution in [2.24, 2.45) is 0 Å². The van der Waals surface area contributed by atoms with Crippen LogP contribution in [0.25, 0.3) is 0 Å². The van der Waals surface area contributed by atoms with Crippen LogP contribution in [-0.2, 0) is 23.7 Å². The summed E-state index contributed by atoms with van der Waals surface area (Å²) < 4.78 is 28.6. The van der Waals surface area contributed by atoms with E-state index in [2.05, 4.69) is 0 Å². The van der Waals surface area contributed by atoms with Crippen molar-refractivity contribution in [2.45, 2.75) is 70.3 Å². The Morgan fingerprint density at radius 1 is 0.824 bits per heavy atom. The van der Waals surface area contributed by atoms with Gasteiger partial charge in [0.05, 0.1) is 12.7 Å². The van der Waals surface area contributed by atoms with Gasteiger partial charge in [-0.15, -0.1) is 0 Å². The van der Waals surface area contributed by atoms with Crippen molar-refractivity contribution in [2.75, 3.05) is 6.61 Å². The predicted molar refractivity (Wildman–Crippen MR) is 58.2 cm³/mol. The number of hydrogen-bond acceptors (Lipinski definition) is 5. The third-order valence-corrected chi connectivity index (χ3v) is 3.36. The van der Waals surface area contributed by atoms with Crippen molar-refractivity contribution in [3.63, 3.8) is 0 Å². The van der Waals surface area contributed by atoms with Crippen LogP contribution in [0.15, 0.2) is 0 Å². The molecule has 0 aliphatic carbocycles. The maximum atomic E-state index is 5.85. The smallest absolute Gasteiger partial charge is 0.187 e. The molecule has 5 heteroatoms. The molecule has 3 aliphatic rings. The van der Waals surface area contributed by atoms with E-state index in [1.807, 2.05) is 27.7 Å². The Morgan fingerprint density at radius 3 is 2.12 bits per heavy atom. The van der Waals surface area contributed by atoms with Crippen LogP contribution < -0.4 is 0 Å². The molecule has 3 rings (SSSR count). The molecular formula is C12H20O5. The van der Waals surface area contributed by atoms with Gasteiger partial charge in [-0.1, -0.05) is 0 Å². The highest BCUT2D eigenvalue weighted by molar-refractivity contribution is 4.90. The Kier molecular flexibility index (Phi) is 2.55. The highest BCUT2D eigenvalue weighted by atomic mass is 16.8. The zero-order valence-electron chi connectivity index (χ0n) is 10.8. The molecule has 0 N–H and O–H groups in total. The van der Waals surface area contributed by atoms with Gasteiger partial charge in [0.1, 0.15) is 12.2 Å². The molecule has 0 spiro atoms. The molecule has 98 valence electrons. The van der Waals surface area contributed by atoms with E-state index < -0.39 is 11.6 Å². The number of rotatable bonds is 1. The molecule has 3 fully saturated rings. The van der Waals surface area contributed by atoms with Crippen LogP contribution in [0.3, 0.4) is 0 Å². The molecule has 0 radical (unpaired) electrons. The molecular weight excluding hydrogens is 224 g/mol. The Bertz CT molecular complexity index is 298. The summed E-state index contributed by atoms with van der Waals surface area (Å²) in [7, 11) is 0. The minimum absolute atomic E-state index is 0.00266. The van der Waals surface area contributed by atoms with Gasteiger partial charge in [0, 0.05) is 6.42 Å². The average Bonchev–Trinajstić information content (AvgIpc) is 2.75. The van der Waals surface area contributed by atoms with Crippen LogP contribution in [0.2, 0.25) is 0 Å². The van der Waals surface area contributed by atoms with Gasteiger partial charge in [-0.25, -0.2) is 0 Å². The summed E-state index contributed by atoms with van der Waals surface area (Å²) in [5, 5.41) is 0.